The Kier molecular flexibility index (Phi) is 1.46. The van der Waals surface area contributed by atoms with Gasteiger partial charge in [0, 0.05) is 25.5 Å². The van der Waals surface area contributed by atoms with Crippen molar-refractivity contribution in [2.24, 2.45) is 10.7 Å². The zero-order chi connectivity index (χ0) is 8.55. The van der Waals surface area contributed by atoms with E-state index in [1.807, 2.05) is 6.08 Å². The lowest BCUT2D eigenvalue weighted by Gasteiger charge is -2.23. The van der Waals surface area contributed by atoms with Crippen molar-refractivity contribution >= 4 is 12.2 Å². The van der Waals surface area contributed by atoms with Crippen molar-refractivity contribution in [2.75, 3.05) is 13.1 Å². The molecule has 0 spiro atoms. The second kappa shape index (κ2) is 2.48. The number of urea groups is 1. The molecule has 62 valence electrons. The summed E-state index contributed by atoms with van der Waals surface area (Å²) < 4.78 is 0. The number of carbonyl (C=O) groups is 1. The van der Waals surface area contributed by atoms with Crippen LogP contribution in [0.25, 0.3) is 0 Å². The largest absolute Gasteiger partial charge is 0.351 e. The van der Waals surface area contributed by atoms with Crippen molar-refractivity contribution in [3.8, 4) is 0 Å². The van der Waals surface area contributed by atoms with E-state index < -0.39 is 0 Å². The maximum atomic E-state index is 10.8. The molecular weight excluding hydrogens is 154 g/mol. The van der Waals surface area contributed by atoms with Gasteiger partial charge in [-0.2, -0.15) is 0 Å². The van der Waals surface area contributed by atoms with Gasteiger partial charge in [0.25, 0.3) is 0 Å². The Hall–Kier alpha value is -1.58. The van der Waals surface area contributed by atoms with E-state index in [1.54, 1.807) is 17.3 Å². The minimum atomic E-state index is -0.377. The average molecular weight is 163 g/mol. The molecule has 0 atom stereocenters. The van der Waals surface area contributed by atoms with Gasteiger partial charge in [0.15, 0.2) is 0 Å². The lowest BCUT2D eigenvalue weighted by molar-refractivity contribution is 0.216. The third-order valence-electron chi connectivity index (χ3n) is 2.02. The topological polar surface area (TPSA) is 58.7 Å². The number of hydrogen-bond donors (Lipinski definition) is 1. The molecule has 12 heavy (non-hydrogen) atoms. The van der Waals surface area contributed by atoms with Crippen molar-refractivity contribution in [3.05, 3.63) is 23.4 Å². The third kappa shape index (κ3) is 1.01. The van der Waals surface area contributed by atoms with E-state index in [9.17, 15) is 4.79 Å². The number of hydrogen-bond acceptors (Lipinski definition) is 2. The monoisotopic (exact) mass is 163 g/mol. The number of aliphatic imine (C=N–C) groups is 1. The van der Waals surface area contributed by atoms with Crippen molar-refractivity contribution in [2.45, 2.75) is 0 Å². The molecule has 2 rings (SSSR count). The molecule has 0 aliphatic carbocycles. The summed E-state index contributed by atoms with van der Waals surface area (Å²) in [7, 11) is 0. The molecule has 0 aromatic heterocycles. The first-order valence-corrected chi connectivity index (χ1v) is 3.74. The molecule has 0 saturated heterocycles. The fourth-order valence-corrected chi connectivity index (χ4v) is 1.33. The Morgan fingerprint density at radius 3 is 3.25 bits per heavy atom. The van der Waals surface area contributed by atoms with Gasteiger partial charge in [-0.1, -0.05) is 6.08 Å². The van der Waals surface area contributed by atoms with Gasteiger partial charge >= 0.3 is 6.03 Å². The maximum absolute atomic E-state index is 10.8. The van der Waals surface area contributed by atoms with E-state index in [0.29, 0.717) is 13.1 Å². The van der Waals surface area contributed by atoms with E-state index in [1.165, 1.54) is 0 Å². The number of carbonyl (C=O) groups excluding carboxylic acids is 1. The fourth-order valence-electron chi connectivity index (χ4n) is 1.33. The average Bonchev–Trinajstić information content (AvgIpc) is 2.49. The van der Waals surface area contributed by atoms with Crippen LogP contribution in [0.15, 0.2) is 28.4 Å². The van der Waals surface area contributed by atoms with E-state index >= 15 is 0 Å². The van der Waals surface area contributed by atoms with Gasteiger partial charge in [0.1, 0.15) is 0 Å². The first-order valence-electron chi connectivity index (χ1n) is 3.74. The van der Waals surface area contributed by atoms with Gasteiger partial charge in [0.2, 0.25) is 0 Å². The quantitative estimate of drug-likeness (QED) is 0.547. The van der Waals surface area contributed by atoms with E-state index in [4.69, 9.17) is 5.73 Å². The van der Waals surface area contributed by atoms with Gasteiger partial charge < -0.3 is 10.6 Å². The van der Waals surface area contributed by atoms with Crippen LogP contribution in [0, 0.1) is 0 Å². The molecule has 0 radical (unpaired) electrons. The third-order valence-corrected chi connectivity index (χ3v) is 2.02. The van der Waals surface area contributed by atoms with Crippen molar-refractivity contribution in [1.29, 1.82) is 0 Å². The highest BCUT2D eigenvalue weighted by Crippen LogP contribution is 2.19. The molecule has 4 nitrogen and oxygen atoms in total. The van der Waals surface area contributed by atoms with Gasteiger partial charge in [-0.25, -0.2) is 4.79 Å². The smallest absolute Gasteiger partial charge is 0.315 e. The predicted octanol–water partition coefficient (Wildman–Crippen LogP) is 0.275. The standard InChI is InChI=1S/C8H9N3O/c9-8(12)11-2-1-6-3-10-4-7(6)5-11/h1,3-4H,2,5H2,(H2,9,12). The Bertz CT molecular complexity index is 314. The minimum absolute atomic E-state index is 0.377. The molecular formula is C8H9N3O. The second-order valence-corrected chi connectivity index (χ2v) is 2.81. The van der Waals surface area contributed by atoms with Crippen LogP contribution in [0.5, 0.6) is 0 Å². The predicted molar refractivity (Wildman–Crippen MR) is 45.8 cm³/mol. The summed E-state index contributed by atoms with van der Waals surface area (Å²) in [6.45, 7) is 1.18. The van der Waals surface area contributed by atoms with E-state index in [-0.39, 0.29) is 6.03 Å². The number of nitrogens with zero attached hydrogens (tertiary/aromatic N) is 2. The van der Waals surface area contributed by atoms with Crippen LogP contribution in [0.4, 0.5) is 4.79 Å². The first-order chi connectivity index (χ1) is 5.77. The van der Waals surface area contributed by atoms with E-state index in [2.05, 4.69) is 4.99 Å². The first kappa shape index (κ1) is 7.09. The fraction of sp³-hybridized carbons (Fsp3) is 0.250. The minimum Gasteiger partial charge on any atom is -0.351 e. The Morgan fingerprint density at radius 1 is 1.67 bits per heavy atom. The summed E-state index contributed by atoms with van der Waals surface area (Å²) in [5.74, 6) is 0. The molecule has 4 heteroatoms. The molecule has 0 bridgehead atoms. The second-order valence-electron chi connectivity index (χ2n) is 2.81. The summed E-state index contributed by atoms with van der Waals surface area (Å²) in [6.07, 6.45) is 5.52. The van der Waals surface area contributed by atoms with Crippen LogP contribution in [0.2, 0.25) is 0 Å². The number of nitrogens with two attached hydrogens (primary N) is 1. The van der Waals surface area contributed by atoms with Crippen LogP contribution in [-0.2, 0) is 0 Å². The molecule has 2 heterocycles. The number of fused-ring (bicyclic) bond motifs is 1. The zero-order valence-corrected chi connectivity index (χ0v) is 6.53. The summed E-state index contributed by atoms with van der Waals surface area (Å²) in [6, 6.07) is -0.377. The van der Waals surface area contributed by atoms with Gasteiger partial charge in [-0.15, -0.1) is 0 Å². The highest BCUT2D eigenvalue weighted by atomic mass is 16.2. The highest BCUT2D eigenvalue weighted by Gasteiger charge is 2.19. The summed E-state index contributed by atoms with van der Waals surface area (Å²) in [4.78, 5) is 16.4. The number of rotatable bonds is 0. The van der Waals surface area contributed by atoms with Crippen molar-refractivity contribution < 1.29 is 4.79 Å². The van der Waals surface area contributed by atoms with Gasteiger partial charge in [-0.05, 0) is 11.1 Å². The number of amides is 2. The summed E-state index contributed by atoms with van der Waals surface area (Å²) in [5, 5.41) is 0. The van der Waals surface area contributed by atoms with Crippen molar-refractivity contribution in [3.63, 3.8) is 0 Å². The Balaban J connectivity index is 2.21. The van der Waals surface area contributed by atoms with Gasteiger partial charge in [-0.3, -0.25) is 4.99 Å². The SMILES string of the molecule is NC(=O)N1CC=C2C=NC=C2C1. The molecule has 0 unspecified atom stereocenters. The molecule has 2 aliphatic heterocycles. The zero-order valence-electron chi connectivity index (χ0n) is 6.53. The normalized spacial score (nSPS) is 20.2. The summed E-state index contributed by atoms with van der Waals surface area (Å²) in [5.41, 5.74) is 7.33. The molecule has 2 amide bonds. The molecule has 0 aromatic carbocycles. The number of primary amides is 1. The van der Waals surface area contributed by atoms with Crippen LogP contribution in [-0.4, -0.2) is 30.2 Å². The Labute approximate surface area is 70.1 Å². The molecule has 2 N–H and O–H groups in total. The molecule has 0 saturated carbocycles. The maximum Gasteiger partial charge on any atom is 0.315 e. The lowest BCUT2D eigenvalue weighted by atomic mass is 10.1. The van der Waals surface area contributed by atoms with Crippen LogP contribution < -0.4 is 5.73 Å². The van der Waals surface area contributed by atoms with Crippen LogP contribution in [0.3, 0.4) is 0 Å². The Morgan fingerprint density at radius 2 is 2.50 bits per heavy atom. The molecule has 2 aliphatic rings. The highest BCUT2D eigenvalue weighted by molar-refractivity contribution is 5.89. The summed E-state index contributed by atoms with van der Waals surface area (Å²) >= 11 is 0. The van der Waals surface area contributed by atoms with Crippen molar-refractivity contribution in [1.82, 2.24) is 4.90 Å². The molecule has 0 fully saturated rings. The molecule has 0 aromatic rings. The van der Waals surface area contributed by atoms with Crippen LogP contribution in [0.1, 0.15) is 0 Å². The van der Waals surface area contributed by atoms with Crippen LogP contribution >= 0.6 is 0 Å². The van der Waals surface area contributed by atoms with E-state index in [0.717, 1.165) is 11.1 Å². The van der Waals surface area contributed by atoms with Gasteiger partial charge in [0.05, 0.1) is 0 Å². The lowest BCUT2D eigenvalue weighted by Crippen LogP contribution is -2.39.